The van der Waals surface area contributed by atoms with Gasteiger partial charge >= 0.3 is 0 Å². The Kier molecular flexibility index (Phi) is 3.03. The fourth-order valence-corrected chi connectivity index (χ4v) is 1.03. The molecule has 0 aromatic heterocycles. The summed E-state index contributed by atoms with van der Waals surface area (Å²) in [5, 5.41) is 18.1. The average Bonchev–Trinajstić information content (AvgIpc) is 2.16. The molecule has 2 N–H and O–H groups in total. The largest absolute Gasteiger partial charge is 0.507 e. The first-order valence-electron chi connectivity index (χ1n) is 4.10. The van der Waals surface area contributed by atoms with Crippen LogP contribution < -0.4 is 0 Å². The lowest BCUT2D eigenvalue weighted by Gasteiger charge is -2.07. The zero-order chi connectivity index (χ0) is 9.84. The lowest BCUT2D eigenvalue weighted by Crippen LogP contribution is -2.14. The van der Waals surface area contributed by atoms with Gasteiger partial charge in [0.2, 0.25) is 0 Å². The van der Waals surface area contributed by atoms with E-state index in [0.717, 1.165) is 0 Å². The van der Waals surface area contributed by atoms with Crippen molar-refractivity contribution < 1.29 is 15.0 Å². The first-order valence-corrected chi connectivity index (χ1v) is 4.10. The lowest BCUT2D eigenvalue weighted by atomic mass is 9.99. The van der Waals surface area contributed by atoms with Crippen LogP contribution in [0.2, 0.25) is 0 Å². The number of hydrogen-bond acceptors (Lipinski definition) is 3. The number of aliphatic hydroxyl groups is 1. The highest BCUT2D eigenvalue weighted by Crippen LogP contribution is 2.19. The van der Waals surface area contributed by atoms with Crippen molar-refractivity contribution >= 4 is 5.78 Å². The van der Waals surface area contributed by atoms with Gasteiger partial charge < -0.3 is 10.2 Å². The second-order valence-electron chi connectivity index (χ2n) is 2.97. The molecule has 0 fully saturated rings. The Hall–Kier alpha value is -1.35. The van der Waals surface area contributed by atoms with Crippen molar-refractivity contribution in [1.82, 2.24) is 0 Å². The average molecular weight is 180 g/mol. The molecule has 1 atom stereocenters. The number of aliphatic hydroxyl groups excluding tert-OH is 1. The topological polar surface area (TPSA) is 57.5 Å². The summed E-state index contributed by atoms with van der Waals surface area (Å²) in [5.74, 6) is -0.735. The molecule has 1 aromatic rings. The van der Waals surface area contributed by atoms with Crippen molar-refractivity contribution in [1.29, 1.82) is 0 Å². The van der Waals surface area contributed by atoms with Crippen LogP contribution in [-0.2, 0) is 0 Å². The molecule has 0 heterocycles. The molecule has 0 aliphatic rings. The van der Waals surface area contributed by atoms with E-state index in [1.165, 1.54) is 6.07 Å². The van der Waals surface area contributed by atoms with Crippen LogP contribution in [0.3, 0.4) is 0 Å². The third kappa shape index (κ3) is 2.06. The Labute approximate surface area is 76.6 Å². The third-order valence-electron chi connectivity index (χ3n) is 1.89. The highest BCUT2D eigenvalue weighted by atomic mass is 16.3. The Balaban J connectivity index is 2.95. The first-order chi connectivity index (χ1) is 6.16. The van der Waals surface area contributed by atoms with Gasteiger partial charge in [0.25, 0.3) is 0 Å². The van der Waals surface area contributed by atoms with E-state index in [9.17, 15) is 9.90 Å². The van der Waals surface area contributed by atoms with Crippen LogP contribution in [0.4, 0.5) is 0 Å². The van der Waals surface area contributed by atoms with Crippen LogP contribution in [0.15, 0.2) is 24.3 Å². The minimum atomic E-state index is -0.465. The SMILES string of the molecule is C[C@H](CO)C(=O)c1ccccc1O. The Morgan fingerprint density at radius 3 is 2.62 bits per heavy atom. The molecule has 13 heavy (non-hydrogen) atoms. The molecular formula is C10H12O3. The number of Topliss-reactive ketones (excluding diaryl/α,β-unsaturated/α-hetero) is 1. The maximum atomic E-state index is 11.5. The standard InChI is InChI=1S/C10H12O3/c1-7(6-11)10(13)8-4-2-3-5-9(8)12/h2-5,7,11-12H,6H2,1H3/t7-/m1/s1. The van der Waals surface area contributed by atoms with Gasteiger partial charge in [-0.05, 0) is 12.1 Å². The number of carbonyl (C=O) groups excluding carboxylic acids is 1. The van der Waals surface area contributed by atoms with Gasteiger partial charge in [0.1, 0.15) is 5.75 Å². The Bertz CT molecular complexity index is 307. The lowest BCUT2D eigenvalue weighted by molar-refractivity contribution is 0.0875. The zero-order valence-corrected chi connectivity index (χ0v) is 7.40. The number of para-hydroxylation sites is 1. The number of rotatable bonds is 3. The van der Waals surface area contributed by atoms with Crippen LogP contribution in [-0.4, -0.2) is 22.6 Å². The fourth-order valence-electron chi connectivity index (χ4n) is 1.03. The number of benzene rings is 1. The van der Waals surface area contributed by atoms with Crippen molar-refractivity contribution in [3.05, 3.63) is 29.8 Å². The number of phenols is 1. The molecule has 0 amide bonds. The minimum absolute atomic E-state index is 0.0344. The van der Waals surface area contributed by atoms with Crippen molar-refractivity contribution in [2.45, 2.75) is 6.92 Å². The molecule has 70 valence electrons. The molecule has 0 saturated carbocycles. The maximum absolute atomic E-state index is 11.5. The van der Waals surface area contributed by atoms with Gasteiger partial charge in [-0.1, -0.05) is 19.1 Å². The second kappa shape index (κ2) is 4.05. The van der Waals surface area contributed by atoms with E-state index in [1.54, 1.807) is 25.1 Å². The van der Waals surface area contributed by atoms with E-state index >= 15 is 0 Å². The smallest absolute Gasteiger partial charge is 0.171 e. The molecule has 0 spiro atoms. The summed E-state index contributed by atoms with van der Waals surface area (Å²) in [7, 11) is 0. The van der Waals surface area contributed by atoms with Crippen LogP contribution >= 0.6 is 0 Å². The molecule has 3 nitrogen and oxygen atoms in total. The summed E-state index contributed by atoms with van der Waals surface area (Å²) in [6, 6.07) is 6.33. The number of ketones is 1. The van der Waals surface area contributed by atoms with E-state index < -0.39 is 5.92 Å². The van der Waals surface area contributed by atoms with Gasteiger partial charge in [-0.15, -0.1) is 0 Å². The van der Waals surface area contributed by atoms with E-state index in [0.29, 0.717) is 0 Å². The summed E-state index contributed by atoms with van der Waals surface area (Å²) in [5.41, 5.74) is 0.268. The van der Waals surface area contributed by atoms with Crippen LogP contribution in [0.5, 0.6) is 5.75 Å². The number of phenolic OH excluding ortho intramolecular Hbond substituents is 1. The van der Waals surface area contributed by atoms with E-state index in [4.69, 9.17) is 5.11 Å². The van der Waals surface area contributed by atoms with E-state index in [1.807, 2.05) is 0 Å². The predicted molar refractivity (Wildman–Crippen MR) is 48.7 cm³/mol. The number of aromatic hydroxyl groups is 1. The van der Waals surface area contributed by atoms with Crippen LogP contribution in [0.25, 0.3) is 0 Å². The first kappa shape index (κ1) is 9.74. The summed E-state index contributed by atoms with van der Waals surface area (Å²) in [4.78, 5) is 11.5. The van der Waals surface area contributed by atoms with Gasteiger partial charge in [0.05, 0.1) is 12.2 Å². The molecule has 1 aromatic carbocycles. The number of carbonyl (C=O) groups is 1. The molecule has 0 bridgehead atoms. The summed E-state index contributed by atoms with van der Waals surface area (Å²) in [6.07, 6.45) is 0. The summed E-state index contributed by atoms with van der Waals surface area (Å²) < 4.78 is 0. The molecule has 0 saturated heterocycles. The zero-order valence-electron chi connectivity index (χ0n) is 7.40. The van der Waals surface area contributed by atoms with Crippen LogP contribution in [0, 0.1) is 5.92 Å². The van der Waals surface area contributed by atoms with Gasteiger partial charge in [0, 0.05) is 5.92 Å². The molecular weight excluding hydrogens is 168 g/mol. The molecule has 0 aliphatic heterocycles. The molecule has 1 rings (SSSR count). The summed E-state index contributed by atoms with van der Waals surface area (Å²) >= 11 is 0. The monoisotopic (exact) mass is 180 g/mol. The maximum Gasteiger partial charge on any atom is 0.171 e. The minimum Gasteiger partial charge on any atom is -0.507 e. The normalized spacial score (nSPS) is 12.5. The molecule has 0 unspecified atom stereocenters. The second-order valence-corrected chi connectivity index (χ2v) is 2.97. The summed E-state index contributed by atoms with van der Waals surface area (Å²) in [6.45, 7) is 1.42. The molecule has 0 radical (unpaired) electrons. The third-order valence-corrected chi connectivity index (χ3v) is 1.89. The quantitative estimate of drug-likeness (QED) is 0.687. The van der Waals surface area contributed by atoms with Crippen molar-refractivity contribution in [2.24, 2.45) is 5.92 Å². The van der Waals surface area contributed by atoms with Crippen LogP contribution in [0.1, 0.15) is 17.3 Å². The van der Waals surface area contributed by atoms with Crippen molar-refractivity contribution in [3.8, 4) is 5.75 Å². The van der Waals surface area contributed by atoms with Gasteiger partial charge in [-0.3, -0.25) is 4.79 Å². The Morgan fingerprint density at radius 2 is 2.08 bits per heavy atom. The molecule has 0 aliphatic carbocycles. The van der Waals surface area contributed by atoms with E-state index in [-0.39, 0.29) is 23.7 Å². The fraction of sp³-hybridized carbons (Fsp3) is 0.300. The molecule has 3 heteroatoms. The highest BCUT2D eigenvalue weighted by Gasteiger charge is 2.16. The highest BCUT2D eigenvalue weighted by molar-refractivity contribution is 6.00. The number of hydrogen-bond donors (Lipinski definition) is 2. The van der Waals surface area contributed by atoms with Crippen molar-refractivity contribution in [3.63, 3.8) is 0 Å². The van der Waals surface area contributed by atoms with E-state index in [2.05, 4.69) is 0 Å². The van der Waals surface area contributed by atoms with Gasteiger partial charge in [-0.25, -0.2) is 0 Å². The predicted octanol–water partition coefficient (Wildman–Crippen LogP) is 1.20. The Morgan fingerprint density at radius 1 is 1.46 bits per heavy atom. The van der Waals surface area contributed by atoms with Crippen molar-refractivity contribution in [2.75, 3.05) is 6.61 Å². The van der Waals surface area contributed by atoms with Gasteiger partial charge in [0.15, 0.2) is 5.78 Å². The van der Waals surface area contributed by atoms with Gasteiger partial charge in [-0.2, -0.15) is 0 Å².